The normalized spacial score (nSPS) is 12.8. The third-order valence-electron chi connectivity index (χ3n) is 4.48. The molecule has 0 saturated heterocycles. The molecule has 144 valence electrons. The molecule has 0 spiro atoms. The Morgan fingerprint density at radius 1 is 1.30 bits per heavy atom. The highest BCUT2D eigenvalue weighted by atomic mass is 32.2. The zero-order chi connectivity index (χ0) is 19.2. The van der Waals surface area contributed by atoms with Crippen LogP contribution < -0.4 is 11.0 Å². The van der Waals surface area contributed by atoms with Crippen molar-refractivity contribution in [1.29, 1.82) is 0 Å². The number of aliphatic hydroxyl groups is 1. The van der Waals surface area contributed by atoms with Crippen LogP contribution in [0.1, 0.15) is 29.7 Å². The number of halogens is 1. The lowest BCUT2D eigenvalue weighted by Gasteiger charge is -2.13. The number of thioether (sulfide) groups is 1. The van der Waals surface area contributed by atoms with E-state index in [0.29, 0.717) is 24.5 Å². The zero-order valence-corrected chi connectivity index (χ0v) is 15.7. The Morgan fingerprint density at radius 2 is 2.07 bits per heavy atom. The van der Waals surface area contributed by atoms with E-state index in [1.54, 1.807) is 16.7 Å². The van der Waals surface area contributed by atoms with E-state index in [0.717, 1.165) is 36.1 Å². The Morgan fingerprint density at radius 3 is 2.81 bits per heavy atom. The molecule has 3 rings (SSSR count). The standard InChI is InChI=1S/C19H22FN3O3S/c20-14-7-5-13(6-8-14)11-21-17(25)12-27-18-15-3-1-4-16(15)23(9-2-10-24)19(26)22-18/h5-8,24H,1-4,9-12H2,(H,21,25). The van der Waals surface area contributed by atoms with E-state index in [-0.39, 0.29) is 29.8 Å². The van der Waals surface area contributed by atoms with E-state index in [1.807, 2.05) is 0 Å². The Bertz CT molecular complexity index is 868. The lowest BCUT2D eigenvalue weighted by molar-refractivity contribution is -0.118. The van der Waals surface area contributed by atoms with Crippen LogP contribution in [0, 0.1) is 5.82 Å². The highest BCUT2D eigenvalue weighted by Crippen LogP contribution is 2.29. The number of carbonyl (C=O) groups is 1. The lowest BCUT2D eigenvalue weighted by Crippen LogP contribution is -2.28. The summed E-state index contributed by atoms with van der Waals surface area (Å²) in [5.74, 6) is -0.308. The highest BCUT2D eigenvalue weighted by Gasteiger charge is 2.22. The van der Waals surface area contributed by atoms with Crippen LogP contribution in [0.25, 0.3) is 0 Å². The van der Waals surface area contributed by atoms with Crippen molar-refractivity contribution < 1.29 is 14.3 Å². The molecule has 0 aliphatic heterocycles. The van der Waals surface area contributed by atoms with Crippen LogP contribution in [0.5, 0.6) is 0 Å². The molecule has 8 heteroatoms. The molecule has 1 heterocycles. The minimum atomic E-state index is -0.321. The van der Waals surface area contributed by atoms with Gasteiger partial charge >= 0.3 is 5.69 Å². The van der Waals surface area contributed by atoms with Gasteiger partial charge in [0.2, 0.25) is 5.91 Å². The van der Waals surface area contributed by atoms with Gasteiger partial charge in [-0.25, -0.2) is 9.18 Å². The summed E-state index contributed by atoms with van der Waals surface area (Å²) in [6, 6.07) is 5.97. The SMILES string of the molecule is O=C(CSc1nc(=O)n(CCCO)c2c1CCC2)NCc1ccc(F)cc1. The van der Waals surface area contributed by atoms with Crippen molar-refractivity contribution in [2.45, 2.75) is 43.8 Å². The second-order valence-corrected chi connectivity index (χ2v) is 7.36. The van der Waals surface area contributed by atoms with Crippen molar-refractivity contribution in [3.63, 3.8) is 0 Å². The first-order chi connectivity index (χ1) is 13.1. The van der Waals surface area contributed by atoms with E-state index in [2.05, 4.69) is 10.3 Å². The van der Waals surface area contributed by atoms with E-state index >= 15 is 0 Å². The van der Waals surface area contributed by atoms with E-state index in [4.69, 9.17) is 5.11 Å². The summed E-state index contributed by atoms with van der Waals surface area (Å²) in [6.45, 7) is 0.827. The number of rotatable bonds is 8. The maximum Gasteiger partial charge on any atom is 0.348 e. The van der Waals surface area contributed by atoms with Crippen molar-refractivity contribution in [1.82, 2.24) is 14.9 Å². The fourth-order valence-corrected chi connectivity index (χ4v) is 4.06. The first kappa shape index (κ1) is 19.6. The Balaban J connectivity index is 1.61. The number of aliphatic hydroxyl groups excluding tert-OH is 1. The van der Waals surface area contributed by atoms with Gasteiger partial charge in [0.25, 0.3) is 0 Å². The molecule has 0 atom stereocenters. The summed E-state index contributed by atoms with van der Waals surface area (Å²) in [6.07, 6.45) is 3.15. The maximum atomic E-state index is 12.9. The topological polar surface area (TPSA) is 84.2 Å². The molecule has 6 nitrogen and oxygen atoms in total. The average Bonchev–Trinajstić information content (AvgIpc) is 3.15. The molecule has 0 fully saturated rings. The van der Waals surface area contributed by atoms with Gasteiger partial charge in [0, 0.05) is 31.0 Å². The summed E-state index contributed by atoms with van der Waals surface area (Å²) in [4.78, 5) is 28.6. The Hall–Kier alpha value is -2.19. The maximum absolute atomic E-state index is 12.9. The molecule has 0 saturated carbocycles. The third kappa shape index (κ3) is 4.95. The fourth-order valence-electron chi connectivity index (χ4n) is 3.15. The van der Waals surface area contributed by atoms with Gasteiger partial charge in [-0.15, -0.1) is 0 Å². The van der Waals surface area contributed by atoms with Crippen LogP contribution >= 0.6 is 11.8 Å². The molecule has 0 unspecified atom stereocenters. The fraction of sp³-hybridized carbons (Fsp3) is 0.421. The predicted molar refractivity (Wildman–Crippen MR) is 101 cm³/mol. The van der Waals surface area contributed by atoms with Gasteiger partial charge in [-0.2, -0.15) is 4.98 Å². The number of benzene rings is 1. The molecule has 2 aromatic rings. The molecule has 0 bridgehead atoms. The minimum Gasteiger partial charge on any atom is -0.396 e. The number of hydrogen-bond acceptors (Lipinski definition) is 5. The van der Waals surface area contributed by atoms with Gasteiger partial charge in [-0.05, 0) is 43.4 Å². The molecule has 0 radical (unpaired) electrons. The quantitative estimate of drug-likeness (QED) is 0.528. The summed E-state index contributed by atoms with van der Waals surface area (Å²) in [5.41, 5.74) is 2.53. The van der Waals surface area contributed by atoms with Crippen LogP contribution in [0.2, 0.25) is 0 Å². The molecule has 1 amide bonds. The number of aromatic nitrogens is 2. The first-order valence-corrected chi connectivity index (χ1v) is 9.94. The minimum absolute atomic E-state index is 0.0337. The summed E-state index contributed by atoms with van der Waals surface area (Å²) in [7, 11) is 0. The van der Waals surface area contributed by atoms with Crippen molar-refractivity contribution in [3.8, 4) is 0 Å². The molecule has 1 aromatic carbocycles. The van der Waals surface area contributed by atoms with Crippen molar-refractivity contribution >= 4 is 17.7 Å². The van der Waals surface area contributed by atoms with E-state index in [9.17, 15) is 14.0 Å². The molecule has 1 aromatic heterocycles. The number of carbonyl (C=O) groups excluding carboxylic acids is 1. The molecule has 1 aliphatic carbocycles. The van der Waals surface area contributed by atoms with Crippen LogP contribution in [-0.4, -0.2) is 32.9 Å². The Kier molecular flexibility index (Phi) is 6.63. The van der Waals surface area contributed by atoms with Crippen LogP contribution in [0.15, 0.2) is 34.1 Å². The third-order valence-corrected chi connectivity index (χ3v) is 5.50. The molecule has 27 heavy (non-hydrogen) atoms. The highest BCUT2D eigenvalue weighted by molar-refractivity contribution is 7.99. The first-order valence-electron chi connectivity index (χ1n) is 8.96. The van der Waals surface area contributed by atoms with Gasteiger partial charge in [-0.3, -0.25) is 9.36 Å². The largest absolute Gasteiger partial charge is 0.396 e. The number of hydrogen-bond donors (Lipinski definition) is 2. The number of nitrogens with zero attached hydrogens (tertiary/aromatic N) is 2. The summed E-state index contributed by atoms with van der Waals surface area (Å²) >= 11 is 1.27. The average molecular weight is 391 g/mol. The summed E-state index contributed by atoms with van der Waals surface area (Å²) < 4.78 is 14.5. The Labute approximate surface area is 160 Å². The molecular formula is C19H22FN3O3S. The van der Waals surface area contributed by atoms with Gasteiger partial charge in [0.05, 0.1) is 5.75 Å². The van der Waals surface area contributed by atoms with E-state index in [1.165, 1.54) is 23.9 Å². The van der Waals surface area contributed by atoms with Crippen LogP contribution in [0.4, 0.5) is 4.39 Å². The molecular weight excluding hydrogens is 369 g/mol. The molecule has 1 aliphatic rings. The number of fused-ring (bicyclic) bond motifs is 1. The smallest absolute Gasteiger partial charge is 0.348 e. The number of amides is 1. The van der Waals surface area contributed by atoms with Gasteiger partial charge in [-0.1, -0.05) is 23.9 Å². The number of nitrogens with one attached hydrogen (secondary N) is 1. The van der Waals surface area contributed by atoms with Gasteiger partial charge in [0.15, 0.2) is 0 Å². The van der Waals surface area contributed by atoms with Crippen molar-refractivity contribution in [2.24, 2.45) is 0 Å². The molecule has 2 N–H and O–H groups in total. The van der Waals surface area contributed by atoms with Crippen LogP contribution in [-0.2, 0) is 30.7 Å². The zero-order valence-electron chi connectivity index (χ0n) is 14.9. The monoisotopic (exact) mass is 391 g/mol. The summed E-state index contributed by atoms with van der Waals surface area (Å²) in [5, 5.41) is 12.4. The van der Waals surface area contributed by atoms with Gasteiger partial charge in [0.1, 0.15) is 10.8 Å². The van der Waals surface area contributed by atoms with Crippen molar-refractivity contribution in [2.75, 3.05) is 12.4 Å². The predicted octanol–water partition coefficient (Wildman–Crippen LogP) is 1.66. The van der Waals surface area contributed by atoms with E-state index < -0.39 is 0 Å². The second-order valence-electron chi connectivity index (χ2n) is 6.40. The van der Waals surface area contributed by atoms with Crippen LogP contribution in [0.3, 0.4) is 0 Å². The van der Waals surface area contributed by atoms with Crippen molar-refractivity contribution in [3.05, 3.63) is 57.4 Å². The second kappa shape index (κ2) is 9.14. The lowest BCUT2D eigenvalue weighted by atomic mass is 10.2. The van der Waals surface area contributed by atoms with Gasteiger partial charge < -0.3 is 10.4 Å².